The molecule has 0 aliphatic rings. The van der Waals surface area contributed by atoms with Crippen LogP contribution in [0.4, 0.5) is 9.59 Å². The van der Waals surface area contributed by atoms with Gasteiger partial charge in [0.05, 0.1) is 45.7 Å². The van der Waals surface area contributed by atoms with Crippen LogP contribution in [0.15, 0.2) is 65.4 Å². The van der Waals surface area contributed by atoms with E-state index in [4.69, 9.17) is 38.5 Å². The molecule has 0 spiro atoms. The number of likely N-dealkylation sites (N-methyl/N-ethyl adjacent to an activating group) is 1. The van der Waals surface area contributed by atoms with Crippen LogP contribution in [0.1, 0.15) is 50.7 Å². The van der Waals surface area contributed by atoms with Crippen LogP contribution in [-0.2, 0) is 54.9 Å². The van der Waals surface area contributed by atoms with Gasteiger partial charge in [0.1, 0.15) is 6.54 Å². The number of carbonyl (C=O) groups is 3. The minimum Gasteiger partial charge on any atom is -0.462 e. The molecular formula is C33H48N3O11P. The van der Waals surface area contributed by atoms with Crippen molar-refractivity contribution < 1.29 is 51.7 Å². The minimum absolute atomic E-state index is 0.0441. The maximum absolute atomic E-state index is 13.5. The Balaban J connectivity index is 1.74. The van der Waals surface area contributed by atoms with Crippen LogP contribution in [0.2, 0.25) is 0 Å². The summed E-state index contributed by atoms with van der Waals surface area (Å²) in [5.41, 5.74) is 8.09. The van der Waals surface area contributed by atoms with E-state index >= 15 is 0 Å². The zero-order chi connectivity index (χ0) is 35.0. The molecule has 0 atom stereocenters. The molecule has 0 unspecified atom stereocenters. The van der Waals surface area contributed by atoms with E-state index in [0.29, 0.717) is 38.5 Å². The van der Waals surface area contributed by atoms with E-state index in [9.17, 15) is 18.9 Å². The summed E-state index contributed by atoms with van der Waals surface area (Å²) in [4.78, 5) is 37.0. The Kier molecular flexibility index (Phi) is 19.4. The lowest BCUT2D eigenvalue weighted by molar-refractivity contribution is -0.147. The molecule has 0 amide bonds. The number of unbranched alkanes of at least 4 members (excludes halogenated alkanes) is 2. The van der Waals surface area contributed by atoms with Crippen LogP contribution in [-0.4, -0.2) is 88.5 Å². The second-order valence-corrected chi connectivity index (χ2v) is 12.4. The number of nitrogens with zero attached hydrogens (tertiary/aromatic N) is 2. The summed E-state index contributed by atoms with van der Waals surface area (Å²) in [6, 6.07) is 19.2. The first-order valence-electron chi connectivity index (χ1n) is 15.9. The van der Waals surface area contributed by atoms with E-state index in [1.165, 1.54) is 11.9 Å². The van der Waals surface area contributed by atoms with E-state index in [1.54, 1.807) is 13.8 Å². The molecule has 2 aromatic rings. The molecule has 0 radical (unpaired) electrons. The van der Waals surface area contributed by atoms with Crippen LogP contribution >= 0.6 is 7.75 Å². The van der Waals surface area contributed by atoms with Gasteiger partial charge in [-0.2, -0.15) is 0 Å². The standard InChI is InChI=1S/C33H48N3O11P/c1-27(2)47-30(37)26-36(3)31(34)35-48(40,45-22-12-10-20-41-32(38)43-24-18-28-14-6-4-7-15-28)46-23-13-11-21-42-33(39)44-25-19-29-16-8-5-9-17-29/h4-9,14-17,27H,10-13,18-26H2,1-3H3,(H2,34,35,40). The third kappa shape index (κ3) is 18.9. The molecule has 0 aliphatic heterocycles. The molecule has 266 valence electrons. The van der Waals surface area contributed by atoms with Crippen molar-refractivity contribution in [2.45, 2.75) is 58.5 Å². The Hall–Kier alpha value is -4.13. The molecule has 15 heteroatoms. The van der Waals surface area contributed by atoms with Crippen LogP contribution < -0.4 is 5.73 Å². The quantitative estimate of drug-likeness (QED) is 0.0399. The van der Waals surface area contributed by atoms with Gasteiger partial charge in [-0.05, 0) is 50.7 Å². The van der Waals surface area contributed by atoms with E-state index < -0.39 is 26.0 Å². The van der Waals surface area contributed by atoms with Gasteiger partial charge in [-0.3, -0.25) is 13.8 Å². The lowest BCUT2D eigenvalue weighted by atomic mass is 10.2. The number of benzene rings is 2. The summed E-state index contributed by atoms with van der Waals surface area (Å²) in [7, 11) is -2.64. The summed E-state index contributed by atoms with van der Waals surface area (Å²) in [5.74, 6) is -0.790. The number of esters is 1. The summed E-state index contributed by atoms with van der Waals surface area (Å²) in [5, 5.41) is 0. The summed E-state index contributed by atoms with van der Waals surface area (Å²) in [6.07, 6.45) is 0.787. The van der Waals surface area contributed by atoms with Crippen LogP contribution in [0.25, 0.3) is 0 Å². The number of guanidine groups is 1. The van der Waals surface area contributed by atoms with Gasteiger partial charge in [0.15, 0.2) is 0 Å². The second-order valence-electron chi connectivity index (χ2n) is 10.8. The van der Waals surface area contributed by atoms with Gasteiger partial charge in [0, 0.05) is 19.9 Å². The van der Waals surface area contributed by atoms with Crippen molar-refractivity contribution in [1.29, 1.82) is 0 Å². The van der Waals surface area contributed by atoms with Crippen LogP contribution in [0, 0.1) is 0 Å². The first kappa shape index (κ1) is 40.0. The predicted molar refractivity (Wildman–Crippen MR) is 178 cm³/mol. The molecule has 48 heavy (non-hydrogen) atoms. The van der Waals surface area contributed by atoms with Crippen molar-refractivity contribution in [2.75, 3.05) is 53.2 Å². The molecule has 0 bridgehead atoms. The van der Waals surface area contributed by atoms with E-state index in [1.807, 2.05) is 60.7 Å². The largest absolute Gasteiger partial charge is 0.508 e. The van der Waals surface area contributed by atoms with Crippen molar-refractivity contribution in [3.8, 4) is 0 Å². The first-order chi connectivity index (χ1) is 23.1. The van der Waals surface area contributed by atoms with Gasteiger partial charge in [0.25, 0.3) is 0 Å². The Labute approximate surface area is 282 Å². The molecule has 0 saturated carbocycles. The number of carbonyl (C=O) groups excluding carboxylic acids is 3. The molecule has 2 aromatic carbocycles. The summed E-state index contributed by atoms with van der Waals surface area (Å²) >= 11 is 0. The van der Waals surface area contributed by atoms with Crippen molar-refractivity contribution in [1.82, 2.24) is 4.90 Å². The lowest BCUT2D eigenvalue weighted by Gasteiger charge is -2.20. The number of nitrogens with two attached hydrogens (primary N) is 1. The second kappa shape index (κ2) is 23.2. The third-order valence-corrected chi connectivity index (χ3v) is 7.75. The fourth-order valence-electron chi connectivity index (χ4n) is 3.83. The molecular weight excluding hydrogens is 645 g/mol. The average Bonchev–Trinajstić information content (AvgIpc) is 3.05. The molecule has 0 fully saturated rings. The number of rotatable bonds is 22. The Morgan fingerprint density at radius 3 is 1.56 bits per heavy atom. The topological polar surface area (TPSA) is 175 Å². The predicted octanol–water partition coefficient (Wildman–Crippen LogP) is 5.68. The zero-order valence-electron chi connectivity index (χ0n) is 28.0. The minimum atomic E-state index is -4.12. The van der Waals surface area contributed by atoms with Crippen molar-refractivity contribution >= 4 is 32.0 Å². The highest BCUT2D eigenvalue weighted by Crippen LogP contribution is 2.50. The van der Waals surface area contributed by atoms with Gasteiger partial charge in [-0.15, -0.1) is 4.76 Å². The molecule has 14 nitrogen and oxygen atoms in total. The molecule has 2 rings (SSSR count). The highest BCUT2D eigenvalue weighted by atomic mass is 31.2. The third-order valence-electron chi connectivity index (χ3n) is 6.28. The fourth-order valence-corrected chi connectivity index (χ4v) is 5.14. The number of hydrogen-bond acceptors (Lipinski definition) is 11. The highest BCUT2D eigenvalue weighted by Gasteiger charge is 2.26. The maximum Gasteiger partial charge on any atom is 0.508 e. The van der Waals surface area contributed by atoms with Crippen molar-refractivity contribution in [3.63, 3.8) is 0 Å². The van der Waals surface area contributed by atoms with E-state index in [0.717, 1.165) is 11.1 Å². The Morgan fingerprint density at radius 2 is 1.12 bits per heavy atom. The Morgan fingerprint density at radius 1 is 0.708 bits per heavy atom. The van der Waals surface area contributed by atoms with Crippen molar-refractivity contribution in [2.24, 2.45) is 10.5 Å². The first-order valence-corrected chi connectivity index (χ1v) is 17.4. The van der Waals surface area contributed by atoms with Gasteiger partial charge >= 0.3 is 26.0 Å². The van der Waals surface area contributed by atoms with Crippen LogP contribution in [0.5, 0.6) is 0 Å². The van der Waals surface area contributed by atoms with Gasteiger partial charge in [0.2, 0.25) is 5.96 Å². The molecule has 0 heterocycles. The summed E-state index contributed by atoms with van der Waals surface area (Å²) in [6.45, 7) is 3.64. The van der Waals surface area contributed by atoms with E-state index in [-0.39, 0.29) is 58.2 Å². The van der Waals surface area contributed by atoms with Crippen molar-refractivity contribution in [3.05, 3.63) is 71.8 Å². The maximum atomic E-state index is 13.5. The van der Waals surface area contributed by atoms with Gasteiger partial charge in [-0.1, -0.05) is 60.7 Å². The molecule has 0 saturated heterocycles. The SMILES string of the molecule is CC(C)OC(=O)CN(C)C(N)=NP(=O)(OCCCCOC(=O)OCCc1ccccc1)OCCCCOC(=O)OCCc1ccccc1. The number of ether oxygens (including phenoxy) is 5. The monoisotopic (exact) mass is 693 g/mol. The lowest BCUT2D eigenvalue weighted by Crippen LogP contribution is -2.38. The smallest absolute Gasteiger partial charge is 0.462 e. The molecule has 0 aliphatic carbocycles. The number of hydrogen-bond donors (Lipinski definition) is 1. The zero-order valence-corrected chi connectivity index (χ0v) is 28.8. The fraction of sp³-hybridized carbons (Fsp3) is 0.515. The van der Waals surface area contributed by atoms with E-state index in [2.05, 4.69) is 4.76 Å². The van der Waals surface area contributed by atoms with Gasteiger partial charge < -0.3 is 34.3 Å². The van der Waals surface area contributed by atoms with Crippen LogP contribution in [0.3, 0.4) is 0 Å². The normalized spacial score (nSPS) is 11.5. The highest BCUT2D eigenvalue weighted by molar-refractivity contribution is 7.52. The Bertz CT molecular complexity index is 1220. The van der Waals surface area contributed by atoms with Gasteiger partial charge in [-0.25, -0.2) is 14.2 Å². The summed E-state index contributed by atoms with van der Waals surface area (Å²) < 4.78 is 53.9. The molecule has 2 N–H and O–H groups in total. The molecule has 0 aromatic heterocycles. The average molecular weight is 694 g/mol.